The molecule has 1 aliphatic heterocycles. The number of aromatic nitrogens is 2. The van der Waals surface area contributed by atoms with Crippen molar-refractivity contribution in [3.63, 3.8) is 0 Å². The smallest absolute Gasteiger partial charge is 0.125 e. The second-order valence-corrected chi connectivity index (χ2v) is 9.12. The van der Waals surface area contributed by atoms with E-state index in [-0.39, 0.29) is 0 Å². The Balaban J connectivity index is 1.52. The van der Waals surface area contributed by atoms with Gasteiger partial charge in [0.1, 0.15) is 5.82 Å². The minimum Gasteiger partial charge on any atom is -0.361 e. The van der Waals surface area contributed by atoms with Gasteiger partial charge in [-0.15, -0.1) is 0 Å². The topological polar surface area (TPSA) is 35.2 Å². The zero-order chi connectivity index (χ0) is 20.3. The first-order valence-electron chi connectivity index (χ1n) is 9.91. The van der Waals surface area contributed by atoms with Crippen molar-refractivity contribution >= 4 is 39.3 Å². The van der Waals surface area contributed by atoms with Crippen LogP contribution in [0.2, 0.25) is 0 Å². The van der Waals surface area contributed by atoms with Crippen molar-refractivity contribution < 1.29 is 0 Å². The third-order valence-corrected chi connectivity index (χ3v) is 6.81. The van der Waals surface area contributed by atoms with Crippen LogP contribution in [0.25, 0.3) is 11.1 Å². The summed E-state index contributed by atoms with van der Waals surface area (Å²) in [5.74, 6) is 0.979. The molecular formula is C24H21BrN4S. The predicted octanol–water partition coefficient (Wildman–Crippen LogP) is 6.37. The number of rotatable bonds is 4. The van der Waals surface area contributed by atoms with E-state index in [0.717, 1.165) is 29.9 Å². The van der Waals surface area contributed by atoms with Crippen molar-refractivity contribution in [3.05, 3.63) is 95.5 Å². The van der Waals surface area contributed by atoms with Gasteiger partial charge in [0.25, 0.3) is 0 Å². The van der Waals surface area contributed by atoms with Crippen LogP contribution < -0.4 is 9.21 Å². The number of aromatic amines is 1. The lowest BCUT2D eigenvalue weighted by molar-refractivity contribution is 0.763. The molecule has 0 radical (unpaired) electrons. The van der Waals surface area contributed by atoms with Gasteiger partial charge in [0.05, 0.1) is 22.8 Å². The van der Waals surface area contributed by atoms with Gasteiger partial charge in [0, 0.05) is 35.5 Å². The number of fused-ring (bicyclic) bond motifs is 1. The Morgan fingerprint density at radius 1 is 0.933 bits per heavy atom. The largest absolute Gasteiger partial charge is 0.361 e. The molecule has 0 aliphatic carbocycles. The van der Waals surface area contributed by atoms with Crippen LogP contribution in [0.4, 0.5) is 11.4 Å². The molecule has 1 aliphatic rings. The van der Waals surface area contributed by atoms with Gasteiger partial charge in [0.2, 0.25) is 0 Å². The number of imidazole rings is 1. The highest BCUT2D eigenvalue weighted by atomic mass is 79.9. The summed E-state index contributed by atoms with van der Waals surface area (Å²) < 4.78 is 3.50. The van der Waals surface area contributed by atoms with E-state index in [1.54, 1.807) is 11.9 Å². The lowest BCUT2D eigenvalue weighted by Gasteiger charge is -2.25. The van der Waals surface area contributed by atoms with Crippen LogP contribution in [-0.4, -0.2) is 23.1 Å². The monoisotopic (exact) mass is 476 g/mol. The van der Waals surface area contributed by atoms with Gasteiger partial charge >= 0.3 is 0 Å². The Morgan fingerprint density at radius 2 is 1.77 bits per heavy atom. The zero-order valence-electron chi connectivity index (χ0n) is 16.3. The molecule has 30 heavy (non-hydrogen) atoms. The average Bonchev–Trinajstić information content (AvgIpc) is 3.23. The molecule has 3 aromatic carbocycles. The van der Waals surface area contributed by atoms with E-state index >= 15 is 0 Å². The summed E-state index contributed by atoms with van der Waals surface area (Å²) in [6, 6.07) is 25.8. The van der Waals surface area contributed by atoms with Crippen molar-refractivity contribution in [1.82, 2.24) is 9.97 Å². The maximum Gasteiger partial charge on any atom is 0.125 e. The van der Waals surface area contributed by atoms with Gasteiger partial charge in [-0.2, -0.15) is 0 Å². The molecule has 0 amide bonds. The molecule has 0 spiro atoms. The van der Waals surface area contributed by atoms with Crippen molar-refractivity contribution in [3.8, 4) is 11.1 Å². The second-order valence-electron chi connectivity index (χ2n) is 7.15. The molecule has 1 aromatic heterocycles. The molecule has 0 fully saturated rings. The summed E-state index contributed by atoms with van der Waals surface area (Å²) in [4.78, 5) is 11.3. The number of anilines is 2. The Hall–Kier alpha value is -2.70. The van der Waals surface area contributed by atoms with E-state index in [4.69, 9.17) is 0 Å². The lowest BCUT2D eigenvalue weighted by Crippen LogP contribution is -2.30. The summed E-state index contributed by atoms with van der Waals surface area (Å²) in [6.45, 7) is 2.57. The highest BCUT2D eigenvalue weighted by Crippen LogP contribution is 2.42. The molecule has 0 saturated carbocycles. The summed E-state index contributed by atoms with van der Waals surface area (Å²) >= 11 is 5.46. The summed E-state index contributed by atoms with van der Waals surface area (Å²) in [6.07, 6.45) is 3.69. The summed E-state index contributed by atoms with van der Waals surface area (Å²) in [5.41, 5.74) is 4.96. The van der Waals surface area contributed by atoms with E-state index in [1.807, 2.05) is 12.4 Å². The van der Waals surface area contributed by atoms with Crippen LogP contribution in [0, 0.1) is 0 Å². The van der Waals surface area contributed by atoms with E-state index < -0.39 is 0 Å². The molecule has 0 atom stereocenters. The van der Waals surface area contributed by atoms with Gasteiger partial charge in [-0.05, 0) is 41.8 Å². The molecule has 4 aromatic rings. The number of hydrogen-bond donors (Lipinski definition) is 1. The molecule has 0 bridgehead atoms. The number of para-hydroxylation sites is 1. The third kappa shape index (κ3) is 3.98. The van der Waals surface area contributed by atoms with Gasteiger partial charge in [-0.3, -0.25) is 0 Å². The Morgan fingerprint density at radius 3 is 2.60 bits per heavy atom. The van der Waals surface area contributed by atoms with Crippen molar-refractivity contribution in [2.45, 2.75) is 11.4 Å². The zero-order valence-corrected chi connectivity index (χ0v) is 18.7. The standard InChI is InChI=1S/C24H21BrN4S/c25-19-10-11-22-23(16-19)30-29(15-14-28(22)17-24-26-12-13-27-24)21-9-5-4-8-20(21)18-6-2-1-3-7-18/h1-13,16H,14-15,17H2,(H,26,27). The molecule has 5 rings (SSSR count). The number of H-pyrrole nitrogens is 1. The van der Waals surface area contributed by atoms with Crippen LogP contribution in [0.3, 0.4) is 0 Å². The number of nitrogens with one attached hydrogen (secondary N) is 1. The van der Waals surface area contributed by atoms with Crippen molar-refractivity contribution in [1.29, 1.82) is 0 Å². The molecule has 0 saturated heterocycles. The van der Waals surface area contributed by atoms with Gasteiger partial charge < -0.3 is 14.2 Å². The van der Waals surface area contributed by atoms with Crippen molar-refractivity contribution in [2.75, 3.05) is 22.3 Å². The molecule has 150 valence electrons. The average molecular weight is 477 g/mol. The minimum atomic E-state index is 0.760. The van der Waals surface area contributed by atoms with Crippen molar-refractivity contribution in [2.24, 2.45) is 0 Å². The fourth-order valence-corrected chi connectivity index (χ4v) is 5.42. The summed E-state index contributed by atoms with van der Waals surface area (Å²) in [5, 5.41) is 0. The van der Waals surface area contributed by atoms with Crippen LogP contribution in [0.15, 0.2) is 94.6 Å². The van der Waals surface area contributed by atoms with E-state index in [0.29, 0.717) is 0 Å². The Labute approximate surface area is 189 Å². The Bertz CT molecular complexity index is 1130. The molecule has 4 nitrogen and oxygen atoms in total. The van der Waals surface area contributed by atoms with Crippen LogP contribution >= 0.6 is 27.9 Å². The molecule has 6 heteroatoms. The predicted molar refractivity (Wildman–Crippen MR) is 129 cm³/mol. The van der Waals surface area contributed by atoms with Gasteiger partial charge in [-0.25, -0.2) is 4.98 Å². The second kappa shape index (κ2) is 8.58. The van der Waals surface area contributed by atoms with E-state index in [9.17, 15) is 0 Å². The first-order chi connectivity index (χ1) is 14.8. The SMILES string of the molecule is Brc1ccc2c(c1)SN(c1ccccc1-c1ccccc1)CCN2Cc1ncc[nH]1. The minimum absolute atomic E-state index is 0.760. The fourth-order valence-electron chi connectivity index (χ4n) is 3.77. The van der Waals surface area contributed by atoms with Crippen LogP contribution in [0.1, 0.15) is 5.82 Å². The quantitative estimate of drug-likeness (QED) is 0.347. The van der Waals surface area contributed by atoms with Crippen LogP contribution in [-0.2, 0) is 6.54 Å². The highest BCUT2D eigenvalue weighted by Gasteiger charge is 2.23. The normalized spacial score (nSPS) is 13.8. The number of halogens is 1. The molecule has 1 N–H and O–H groups in total. The first kappa shape index (κ1) is 19.3. The number of nitrogens with zero attached hydrogens (tertiary/aromatic N) is 3. The maximum atomic E-state index is 4.44. The van der Waals surface area contributed by atoms with Crippen LogP contribution in [0.5, 0.6) is 0 Å². The summed E-state index contributed by atoms with van der Waals surface area (Å²) in [7, 11) is 0. The highest BCUT2D eigenvalue weighted by molar-refractivity contribution is 9.10. The molecule has 0 unspecified atom stereocenters. The van der Waals surface area contributed by atoms with Gasteiger partial charge in [-0.1, -0.05) is 64.5 Å². The van der Waals surface area contributed by atoms with E-state index in [1.165, 1.54) is 27.4 Å². The van der Waals surface area contributed by atoms with Gasteiger partial charge in [0.15, 0.2) is 0 Å². The number of benzene rings is 3. The fraction of sp³-hybridized carbons (Fsp3) is 0.125. The third-order valence-electron chi connectivity index (χ3n) is 5.20. The Kier molecular flexibility index (Phi) is 5.51. The molecule has 2 heterocycles. The maximum absolute atomic E-state index is 4.44. The number of hydrogen-bond acceptors (Lipinski definition) is 4. The van der Waals surface area contributed by atoms with E-state index in [2.05, 4.69) is 108 Å². The first-order valence-corrected chi connectivity index (χ1v) is 11.5. The molecular weight excluding hydrogens is 456 g/mol. The lowest BCUT2D eigenvalue weighted by atomic mass is 10.0.